The molecule has 0 saturated carbocycles. The Kier molecular flexibility index (Phi) is 8.41. The molecule has 1 heterocycles. The van der Waals surface area contributed by atoms with Gasteiger partial charge in [-0.05, 0) is 95.6 Å². The molecule has 0 unspecified atom stereocenters. The van der Waals surface area contributed by atoms with Crippen LogP contribution in [0.3, 0.4) is 0 Å². The van der Waals surface area contributed by atoms with Crippen LogP contribution in [-0.2, 0) is 16.2 Å². The molecule has 190 valence electrons. The summed E-state index contributed by atoms with van der Waals surface area (Å²) in [7, 11) is 0. The highest BCUT2D eigenvalue weighted by Crippen LogP contribution is 2.38. The van der Waals surface area contributed by atoms with Gasteiger partial charge in [-0.15, -0.1) is 0 Å². The molecule has 7 nitrogen and oxygen atoms in total. The van der Waals surface area contributed by atoms with Gasteiger partial charge in [-0.2, -0.15) is 0 Å². The lowest BCUT2D eigenvalue weighted by Crippen LogP contribution is -2.54. The first-order valence-electron chi connectivity index (χ1n) is 11.2. The Labute approximate surface area is 237 Å². The highest BCUT2D eigenvalue weighted by Gasteiger charge is 2.37. The molecule has 4 amide bonds. The molecular weight excluding hydrogens is 630 g/mol. The lowest BCUT2D eigenvalue weighted by molar-refractivity contribution is -0.122. The number of carbonyl (C=O) groups is 3. The molecule has 3 aromatic carbocycles. The Morgan fingerprint density at radius 3 is 2.38 bits per heavy atom. The van der Waals surface area contributed by atoms with Crippen molar-refractivity contribution in [3.05, 3.63) is 90.5 Å². The minimum absolute atomic E-state index is 0.240. The van der Waals surface area contributed by atoms with Crippen LogP contribution in [0.2, 0.25) is 10.0 Å². The summed E-state index contributed by atoms with van der Waals surface area (Å²) < 4.78 is 12.8. The first-order valence-corrected chi connectivity index (χ1v) is 13.0. The van der Waals surface area contributed by atoms with Crippen molar-refractivity contribution in [3.8, 4) is 11.5 Å². The zero-order valence-electron chi connectivity index (χ0n) is 19.8. The molecule has 0 aromatic heterocycles. The summed E-state index contributed by atoms with van der Waals surface area (Å²) in [6, 6.07) is 14.9. The molecule has 1 aliphatic heterocycles. The van der Waals surface area contributed by atoms with Crippen LogP contribution in [-0.4, -0.2) is 24.5 Å². The van der Waals surface area contributed by atoms with Crippen molar-refractivity contribution in [2.24, 2.45) is 0 Å². The largest absolute Gasteiger partial charge is 0.490 e. The Morgan fingerprint density at radius 2 is 1.70 bits per heavy atom. The average Bonchev–Trinajstić information content (AvgIpc) is 2.84. The molecular formula is C27H21Cl2IN2O5. The van der Waals surface area contributed by atoms with Crippen LogP contribution in [0.5, 0.6) is 11.5 Å². The smallest absolute Gasteiger partial charge is 0.335 e. The van der Waals surface area contributed by atoms with Crippen LogP contribution >= 0.6 is 45.8 Å². The number of halogens is 3. The summed E-state index contributed by atoms with van der Waals surface area (Å²) in [5, 5.41) is 2.82. The summed E-state index contributed by atoms with van der Waals surface area (Å²) >= 11 is 14.9. The third kappa shape index (κ3) is 6.08. The summed E-state index contributed by atoms with van der Waals surface area (Å²) in [4.78, 5) is 39.2. The molecule has 0 aliphatic carbocycles. The number of urea groups is 1. The minimum Gasteiger partial charge on any atom is -0.490 e. The van der Waals surface area contributed by atoms with Crippen molar-refractivity contribution >= 4 is 75.4 Å². The van der Waals surface area contributed by atoms with E-state index in [0.29, 0.717) is 28.7 Å². The second-order valence-corrected chi connectivity index (χ2v) is 10.1. The van der Waals surface area contributed by atoms with Crippen LogP contribution in [0.25, 0.3) is 6.08 Å². The van der Waals surface area contributed by atoms with E-state index in [0.717, 1.165) is 19.6 Å². The van der Waals surface area contributed by atoms with Crippen molar-refractivity contribution < 1.29 is 23.9 Å². The van der Waals surface area contributed by atoms with Gasteiger partial charge >= 0.3 is 6.03 Å². The minimum atomic E-state index is -0.862. The summed E-state index contributed by atoms with van der Waals surface area (Å²) in [6.07, 6.45) is 1.35. The zero-order valence-corrected chi connectivity index (χ0v) is 23.5. The van der Waals surface area contributed by atoms with E-state index < -0.39 is 17.8 Å². The monoisotopic (exact) mass is 650 g/mol. The summed E-state index contributed by atoms with van der Waals surface area (Å²) in [5.41, 5.74) is 2.15. The number of rotatable bonds is 7. The highest BCUT2D eigenvalue weighted by molar-refractivity contribution is 14.1. The molecule has 10 heteroatoms. The number of nitrogens with one attached hydrogen (secondary N) is 1. The van der Waals surface area contributed by atoms with E-state index in [9.17, 15) is 14.4 Å². The average molecular weight is 651 g/mol. The van der Waals surface area contributed by atoms with Gasteiger partial charge in [0.05, 0.1) is 17.3 Å². The number of ether oxygens (including phenoxy) is 2. The van der Waals surface area contributed by atoms with Gasteiger partial charge in [0.25, 0.3) is 11.8 Å². The molecule has 1 fully saturated rings. The molecule has 1 aliphatic rings. The molecule has 0 bridgehead atoms. The fraction of sp³-hybridized carbons (Fsp3) is 0.148. The number of nitrogens with zero attached hydrogens (tertiary/aromatic N) is 1. The number of amides is 4. The fourth-order valence-electron chi connectivity index (χ4n) is 3.59. The van der Waals surface area contributed by atoms with E-state index in [2.05, 4.69) is 27.9 Å². The second-order valence-electron chi connectivity index (χ2n) is 8.07. The number of benzene rings is 3. The third-order valence-corrected chi connectivity index (χ3v) is 6.86. The third-order valence-electron chi connectivity index (χ3n) is 5.45. The van der Waals surface area contributed by atoms with E-state index in [1.54, 1.807) is 31.2 Å². The first kappa shape index (κ1) is 27.0. The van der Waals surface area contributed by atoms with Crippen LogP contribution in [0.15, 0.2) is 60.2 Å². The van der Waals surface area contributed by atoms with Gasteiger partial charge in [0.2, 0.25) is 0 Å². The molecule has 37 heavy (non-hydrogen) atoms. The zero-order chi connectivity index (χ0) is 26.7. The van der Waals surface area contributed by atoms with Crippen molar-refractivity contribution in [2.75, 3.05) is 11.5 Å². The van der Waals surface area contributed by atoms with Crippen molar-refractivity contribution in [3.63, 3.8) is 0 Å². The Morgan fingerprint density at radius 1 is 0.973 bits per heavy atom. The Bertz CT molecular complexity index is 1420. The van der Waals surface area contributed by atoms with Gasteiger partial charge in [-0.25, -0.2) is 9.69 Å². The molecule has 3 aromatic rings. The van der Waals surface area contributed by atoms with Gasteiger partial charge in [0, 0.05) is 8.59 Å². The molecule has 0 spiro atoms. The maximum absolute atomic E-state index is 13.2. The topological polar surface area (TPSA) is 84.9 Å². The first-order chi connectivity index (χ1) is 17.7. The normalized spacial score (nSPS) is 14.7. The lowest BCUT2D eigenvalue weighted by Gasteiger charge is -2.26. The molecule has 0 radical (unpaired) electrons. The number of anilines is 1. The molecule has 1 saturated heterocycles. The van der Waals surface area contributed by atoms with Crippen molar-refractivity contribution in [1.82, 2.24) is 5.32 Å². The van der Waals surface area contributed by atoms with Crippen molar-refractivity contribution in [2.45, 2.75) is 20.5 Å². The molecule has 4 rings (SSSR count). The van der Waals surface area contributed by atoms with Crippen LogP contribution < -0.4 is 19.7 Å². The number of imide groups is 2. The number of hydrogen-bond donors (Lipinski definition) is 1. The van der Waals surface area contributed by atoms with E-state index >= 15 is 0 Å². The van der Waals surface area contributed by atoms with E-state index in [1.165, 1.54) is 12.1 Å². The maximum atomic E-state index is 13.2. The number of carbonyl (C=O) groups excluding carboxylic acids is 3. The van der Waals surface area contributed by atoms with Crippen molar-refractivity contribution in [1.29, 1.82) is 0 Å². The van der Waals surface area contributed by atoms with Crippen LogP contribution in [0, 0.1) is 10.5 Å². The SMILES string of the molecule is CCOc1cc(/C=C2/C(=O)NC(=O)N(c3ccc(C)c(Cl)c3)C2=O)cc(Cl)c1OCc1ccc(I)cc1. The Balaban J connectivity index is 1.66. The maximum Gasteiger partial charge on any atom is 0.335 e. The van der Waals surface area contributed by atoms with Gasteiger partial charge in [-0.1, -0.05) is 41.4 Å². The van der Waals surface area contributed by atoms with Gasteiger partial charge in [-0.3, -0.25) is 14.9 Å². The fourth-order valence-corrected chi connectivity index (χ4v) is 4.40. The lowest BCUT2D eigenvalue weighted by atomic mass is 10.1. The molecule has 1 N–H and O–H groups in total. The standard InChI is InChI=1S/C27H21Cl2IN2O5/c1-3-36-23-12-17(11-22(29)24(23)37-14-16-5-7-18(30)8-6-16)10-20-25(33)31-27(35)32(26(20)34)19-9-4-15(2)21(28)13-19/h4-13H,3,14H2,1-2H3,(H,31,33,35)/b20-10-. The van der Waals surface area contributed by atoms with Gasteiger partial charge < -0.3 is 9.47 Å². The van der Waals surface area contributed by atoms with E-state index in [-0.39, 0.29) is 22.9 Å². The number of barbiturate groups is 1. The van der Waals surface area contributed by atoms with Crippen LogP contribution in [0.1, 0.15) is 23.6 Å². The summed E-state index contributed by atoms with van der Waals surface area (Å²) in [5.74, 6) is -0.914. The quantitative estimate of drug-likeness (QED) is 0.178. The van der Waals surface area contributed by atoms with Crippen LogP contribution in [0.4, 0.5) is 10.5 Å². The number of hydrogen-bond acceptors (Lipinski definition) is 5. The van der Waals surface area contributed by atoms with E-state index in [4.69, 9.17) is 32.7 Å². The predicted molar refractivity (Wildman–Crippen MR) is 151 cm³/mol. The van der Waals surface area contributed by atoms with Gasteiger partial charge in [0.15, 0.2) is 11.5 Å². The molecule has 0 atom stereocenters. The van der Waals surface area contributed by atoms with E-state index in [1.807, 2.05) is 31.2 Å². The summed E-state index contributed by atoms with van der Waals surface area (Å²) in [6.45, 7) is 4.23. The number of aryl methyl sites for hydroxylation is 1. The second kappa shape index (κ2) is 11.5. The van der Waals surface area contributed by atoms with Gasteiger partial charge in [0.1, 0.15) is 12.2 Å². The Hall–Kier alpha value is -3.08. The highest BCUT2D eigenvalue weighted by atomic mass is 127. The predicted octanol–water partition coefficient (Wildman–Crippen LogP) is 6.55.